The van der Waals surface area contributed by atoms with Gasteiger partial charge >= 0.3 is 6.61 Å². The van der Waals surface area contributed by atoms with E-state index in [1.54, 1.807) is 36.4 Å². The van der Waals surface area contributed by atoms with Gasteiger partial charge in [-0.25, -0.2) is 0 Å². The smallest absolute Gasteiger partial charge is 0.387 e. The minimum Gasteiger partial charge on any atom is -0.494 e. The van der Waals surface area contributed by atoms with E-state index in [4.69, 9.17) is 9.47 Å². The Balaban J connectivity index is 2.15. The molecule has 0 spiro atoms. The molecule has 5 nitrogen and oxygen atoms in total. The van der Waals surface area contributed by atoms with E-state index >= 15 is 0 Å². The van der Waals surface area contributed by atoms with Crippen molar-refractivity contribution in [2.24, 2.45) is 0 Å². The van der Waals surface area contributed by atoms with E-state index < -0.39 is 12.5 Å². The fourth-order valence-electron chi connectivity index (χ4n) is 2.31. The first-order chi connectivity index (χ1) is 13.0. The quantitative estimate of drug-likeness (QED) is 0.642. The van der Waals surface area contributed by atoms with Crippen molar-refractivity contribution in [3.8, 4) is 17.2 Å². The van der Waals surface area contributed by atoms with Crippen molar-refractivity contribution in [1.82, 2.24) is 0 Å². The molecule has 27 heavy (non-hydrogen) atoms. The van der Waals surface area contributed by atoms with Crippen LogP contribution >= 0.6 is 0 Å². The third-order valence-electron chi connectivity index (χ3n) is 3.37. The molecule has 0 saturated carbocycles. The monoisotopic (exact) mass is 377 g/mol. The Morgan fingerprint density at radius 2 is 1.81 bits per heavy atom. The number of carbonyl (C=O) groups excluding carboxylic acids is 1. The predicted molar refractivity (Wildman–Crippen MR) is 99.5 cm³/mol. The Bertz CT molecular complexity index is 793. The van der Waals surface area contributed by atoms with E-state index in [1.165, 1.54) is 18.2 Å². The van der Waals surface area contributed by atoms with Gasteiger partial charge in [-0.05, 0) is 38.1 Å². The standard InChI is InChI=1S/C20H21F2NO4/c1-3-25-15-10-11-18(26-4-2)16(13-15)23-19(24)12-9-14-7-5-6-8-17(14)27-20(21)22/h5-13,20H,3-4H2,1-2H3,(H,23,24)/b12-9+. The summed E-state index contributed by atoms with van der Waals surface area (Å²) in [7, 11) is 0. The SMILES string of the molecule is CCOc1ccc(OCC)c(NC(=O)/C=C/c2ccccc2OC(F)F)c1. The van der Waals surface area contributed by atoms with Crippen molar-refractivity contribution in [2.75, 3.05) is 18.5 Å². The van der Waals surface area contributed by atoms with Gasteiger partial charge in [0.2, 0.25) is 5.91 Å². The van der Waals surface area contributed by atoms with Crippen LogP contribution in [0, 0.1) is 0 Å². The number of hydrogen-bond donors (Lipinski definition) is 1. The molecule has 0 heterocycles. The highest BCUT2D eigenvalue weighted by Gasteiger charge is 2.10. The van der Waals surface area contributed by atoms with E-state index in [1.807, 2.05) is 13.8 Å². The van der Waals surface area contributed by atoms with Gasteiger partial charge < -0.3 is 19.5 Å². The molecule has 1 amide bonds. The van der Waals surface area contributed by atoms with Gasteiger partial charge in [0.15, 0.2) is 0 Å². The summed E-state index contributed by atoms with van der Waals surface area (Å²) in [6.45, 7) is 1.68. The second kappa shape index (κ2) is 10.2. The van der Waals surface area contributed by atoms with Gasteiger partial charge in [0.25, 0.3) is 0 Å². The summed E-state index contributed by atoms with van der Waals surface area (Å²) in [5.41, 5.74) is 0.815. The normalized spacial score (nSPS) is 10.9. The second-order valence-corrected chi connectivity index (χ2v) is 5.26. The number of anilines is 1. The number of rotatable bonds is 9. The minimum absolute atomic E-state index is 0.00935. The molecule has 0 atom stereocenters. The first-order valence-corrected chi connectivity index (χ1v) is 8.46. The number of para-hydroxylation sites is 1. The van der Waals surface area contributed by atoms with Crippen molar-refractivity contribution >= 4 is 17.7 Å². The summed E-state index contributed by atoms with van der Waals surface area (Å²) in [5, 5.41) is 2.70. The Labute approximate surface area is 156 Å². The maximum absolute atomic E-state index is 12.5. The summed E-state index contributed by atoms with van der Waals surface area (Å²) in [6, 6.07) is 11.3. The van der Waals surface area contributed by atoms with Crippen LogP contribution in [0.5, 0.6) is 17.2 Å². The van der Waals surface area contributed by atoms with E-state index in [0.29, 0.717) is 36.0 Å². The molecule has 0 aliphatic carbocycles. The van der Waals surface area contributed by atoms with E-state index in [9.17, 15) is 13.6 Å². The molecule has 7 heteroatoms. The highest BCUT2D eigenvalue weighted by atomic mass is 19.3. The van der Waals surface area contributed by atoms with Crippen LogP contribution in [-0.4, -0.2) is 25.7 Å². The topological polar surface area (TPSA) is 56.8 Å². The minimum atomic E-state index is -2.94. The van der Waals surface area contributed by atoms with Crippen LogP contribution in [0.1, 0.15) is 19.4 Å². The molecule has 0 saturated heterocycles. The van der Waals surface area contributed by atoms with Crippen molar-refractivity contribution in [1.29, 1.82) is 0 Å². The maximum atomic E-state index is 12.5. The van der Waals surface area contributed by atoms with Crippen LogP contribution in [0.15, 0.2) is 48.5 Å². The number of halogens is 2. The molecule has 2 aromatic carbocycles. The van der Waals surface area contributed by atoms with Gasteiger partial charge in [-0.15, -0.1) is 0 Å². The number of carbonyl (C=O) groups is 1. The first-order valence-electron chi connectivity index (χ1n) is 8.46. The lowest BCUT2D eigenvalue weighted by atomic mass is 10.2. The molecule has 0 fully saturated rings. The molecule has 0 unspecified atom stereocenters. The van der Waals surface area contributed by atoms with Crippen LogP contribution < -0.4 is 19.5 Å². The summed E-state index contributed by atoms with van der Waals surface area (Å²) >= 11 is 0. The van der Waals surface area contributed by atoms with Crippen molar-refractivity contribution in [3.05, 3.63) is 54.1 Å². The number of benzene rings is 2. The zero-order chi connectivity index (χ0) is 19.6. The van der Waals surface area contributed by atoms with E-state index in [2.05, 4.69) is 10.1 Å². The Hall–Kier alpha value is -3.09. The first kappa shape index (κ1) is 20.2. The number of ether oxygens (including phenoxy) is 3. The van der Waals surface area contributed by atoms with Crippen LogP contribution in [0.25, 0.3) is 6.08 Å². The van der Waals surface area contributed by atoms with Crippen molar-refractivity contribution < 1.29 is 27.8 Å². The van der Waals surface area contributed by atoms with E-state index in [-0.39, 0.29) is 5.75 Å². The molecule has 2 aromatic rings. The van der Waals surface area contributed by atoms with E-state index in [0.717, 1.165) is 0 Å². The zero-order valence-corrected chi connectivity index (χ0v) is 15.1. The number of hydrogen-bond acceptors (Lipinski definition) is 4. The average molecular weight is 377 g/mol. The molecule has 0 aromatic heterocycles. The highest BCUT2D eigenvalue weighted by molar-refractivity contribution is 6.03. The van der Waals surface area contributed by atoms with Gasteiger partial charge in [-0.3, -0.25) is 4.79 Å². The molecule has 0 aliphatic rings. The van der Waals surface area contributed by atoms with Gasteiger partial charge in [-0.1, -0.05) is 18.2 Å². The lowest BCUT2D eigenvalue weighted by Crippen LogP contribution is -2.10. The van der Waals surface area contributed by atoms with Gasteiger partial charge in [0.05, 0.1) is 18.9 Å². The maximum Gasteiger partial charge on any atom is 0.387 e. The molecule has 2 rings (SSSR count). The highest BCUT2D eigenvalue weighted by Crippen LogP contribution is 2.29. The molecule has 144 valence electrons. The second-order valence-electron chi connectivity index (χ2n) is 5.26. The lowest BCUT2D eigenvalue weighted by molar-refractivity contribution is -0.111. The van der Waals surface area contributed by atoms with Gasteiger partial charge in [0, 0.05) is 17.7 Å². The zero-order valence-electron chi connectivity index (χ0n) is 15.1. The van der Waals surface area contributed by atoms with Gasteiger partial charge in [0.1, 0.15) is 17.2 Å². The van der Waals surface area contributed by atoms with Crippen molar-refractivity contribution in [3.63, 3.8) is 0 Å². The lowest BCUT2D eigenvalue weighted by Gasteiger charge is -2.12. The Morgan fingerprint density at radius 1 is 1.07 bits per heavy atom. The Kier molecular flexibility index (Phi) is 7.61. The third-order valence-corrected chi connectivity index (χ3v) is 3.37. The van der Waals surface area contributed by atoms with Crippen LogP contribution in [-0.2, 0) is 4.79 Å². The molecular formula is C20H21F2NO4. The van der Waals surface area contributed by atoms with Crippen LogP contribution in [0.2, 0.25) is 0 Å². The molecule has 0 bridgehead atoms. The Morgan fingerprint density at radius 3 is 2.52 bits per heavy atom. The molecule has 1 N–H and O–H groups in total. The summed E-state index contributed by atoms with van der Waals surface area (Å²) in [6.07, 6.45) is 2.64. The van der Waals surface area contributed by atoms with Crippen LogP contribution in [0.4, 0.5) is 14.5 Å². The molecular weight excluding hydrogens is 356 g/mol. The number of amides is 1. The fourth-order valence-corrected chi connectivity index (χ4v) is 2.31. The number of alkyl halides is 2. The van der Waals surface area contributed by atoms with Crippen molar-refractivity contribution in [2.45, 2.75) is 20.5 Å². The summed E-state index contributed by atoms with van der Waals surface area (Å²) in [4.78, 5) is 12.3. The summed E-state index contributed by atoms with van der Waals surface area (Å²) < 4.78 is 40.3. The van der Waals surface area contributed by atoms with Gasteiger partial charge in [-0.2, -0.15) is 8.78 Å². The average Bonchev–Trinajstić information content (AvgIpc) is 2.63. The number of nitrogens with one attached hydrogen (secondary N) is 1. The molecule has 0 radical (unpaired) electrons. The largest absolute Gasteiger partial charge is 0.494 e. The fraction of sp³-hybridized carbons (Fsp3) is 0.250. The predicted octanol–water partition coefficient (Wildman–Crippen LogP) is 4.74. The molecule has 0 aliphatic heterocycles. The third kappa shape index (κ3) is 6.29. The summed E-state index contributed by atoms with van der Waals surface area (Å²) in [5.74, 6) is 0.640. The van der Waals surface area contributed by atoms with Crippen LogP contribution in [0.3, 0.4) is 0 Å².